The van der Waals surface area contributed by atoms with Crippen molar-refractivity contribution >= 4 is 17.9 Å². The fourth-order valence-electron chi connectivity index (χ4n) is 2.22. The Kier molecular flexibility index (Phi) is 5.59. The van der Waals surface area contributed by atoms with Gasteiger partial charge in [0.25, 0.3) is 0 Å². The Bertz CT molecular complexity index is 359. The van der Waals surface area contributed by atoms with Crippen LogP contribution in [0.4, 0.5) is 4.79 Å². The summed E-state index contributed by atoms with van der Waals surface area (Å²) in [5.74, 6) is -1.64. The number of carboxylic acids is 1. The van der Waals surface area contributed by atoms with E-state index < -0.39 is 24.0 Å². The molecule has 108 valence electrons. The summed E-state index contributed by atoms with van der Waals surface area (Å²) in [6, 6.07) is -1.38. The topological polar surface area (TPSA) is 113 Å². The van der Waals surface area contributed by atoms with E-state index in [9.17, 15) is 14.4 Å². The molecule has 0 aromatic carbocycles. The molecule has 0 spiro atoms. The molecule has 19 heavy (non-hydrogen) atoms. The molecular weight excluding hydrogens is 250 g/mol. The number of carbonyl (C=O) groups is 3. The van der Waals surface area contributed by atoms with Gasteiger partial charge in [-0.3, -0.25) is 9.59 Å². The second-order valence-corrected chi connectivity index (χ2v) is 4.81. The molecule has 7 nitrogen and oxygen atoms in total. The third-order valence-corrected chi connectivity index (χ3v) is 3.31. The molecule has 1 fully saturated rings. The summed E-state index contributed by atoms with van der Waals surface area (Å²) in [5, 5.41) is 11.3. The van der Waals surface area contributed by atoms with Gasteiger partial charge < -0.3 is 21.1 Å². The average Bonchev–Trinajstić information content (AvgIpc) is 2.82. The number of carboxylic acid groups (broad SMARTS) is 1. The van der Waals surface area contributed by atoms with Crippen molar-refractivity contribution in [2.24, 2.45) is 11.7 Å². The molecular formula is C12H21N3O4. The Balaban J connectivity index is 2.60. The van der Waals surface area contributed by atoms with E-state index >= 15 is 0 Å². The van der Waals surface area contributed by atoms with Crippen LogP contribution in [0.5, 0.6) is 0 Å². The number of hydrogen-bond donors (Lipinski definition) is 3. The monoisotopic (exact) mass is 271 g/mol. The standard InChI is InChI=1S/C12H21N3O4/c1-2-3-4-9(14-12(13)19)10(16)15-6-5-8(7-15)11(17)18/h8-9H,2-7H2,1H3,(H,17,18)(H3,13,14,19)/t8-,9-/m0/s1. The van der Waals surface area contributed by atoms with E-state index in [0.717, 1.165) is 12.8 Å². The maximum atomic E-state index is 12.2. The first kappa shape index (κ1) is 15.3. The Morgan fingerprint density at radius 3 is 2.63 bits per heavy atom. The Morgan fingerprint density at radius 2 is 2.16 bits per heavy atom. The van der Waals surface area contributed by atoms with Crippen molar-refractivity contribution < 1.29 is 19.5 Å². The fraction of sp³-hybridized carbons (Fsp3) is 0.750. The number of rotatable bonds is 6. The zero-order chi connectivity index (χ0) is 14.4. The molecule has 0 aromatic heterocycles. The van der Waals surface area contributed by atoms with Gasteiger partial charge in [0.1, 0.15) is 6.04 Å². The lowest BCUT2D eigenvalue weighted by Crippen LogP contribution is -2.49. The van der Waals surface area contributed by atoms with Gasteiger partial charge in [0.15, 0.2) is 0 Å². The van der Waals surface area contributed by atoms with Crippen molar-refractivity contribution in [3.05, 3.63) is 0 Å². The van der Waals surface area contributed by atoms with Gasteiger partial charge in [-0.1, -0.05) is 19.8 Å². The molecule has 4 N–H and O–H groups in total. The molecule has 0 bridgehead atoms. The number of nitrogens with two attached hydrogens (primary N) is 1. The van der Waals surface area contributed by atoms with E-state index in [0.29, 0.717) is 19.4 Å². The minimum Gasteiger partial charge on any atom is -0.481 e. The second kappa shape index (κ2) is 6.96. The van der Waals surface area contributed by atoms with Crippen LogP contribution in [-0.4, -0.2) is 47.0 Å². The first-order valence-electron chi connectivity index (χ1n) is 6.53. The minimum absolute atomic E-state index is 0.206. The number of aliphatic carboxylic acids is 1. The SMILES string of the molecule is CCCC[C@H](NC(N)=O)C(=O)N1CC[C@H](C(=O)O)C1. The first-order valence-corrected chi connectivity index (χ1v) is 6.53. The van der Waals surface area contributed by atoms with Crippen LogP contribution in [-0.2, 0) is 9.59 Å². The van der Waals surface area contributed by atoms with E-state index in [1.165, 1.54) is 4.90 Å². The zero-order valence-corrected chi connectivity index (χ0v) is 11.1. The van der Waals surface area contributed by atoms with Crippen LogP contribution < -0.4 is 11.1 Å². The summed E-state index contributed by atoms with van der Waals surface area (Å²) < 4.78 is 0. The molecule has 1 heterocycles. The predicted molar refractivity (Wildman–Crippen MR) is 68.4 cm³/mol. The number of amides is 3. The van der Waals surface area contributed by atoms with Crippen LogP contribution in [0.2, 0.25) is 0 Å². The molecule has 1 aliphatic heterocycles. The molecule has 0 aromatic rings. The normalized spacial score (nSPS) is 20.1. The Morgan fingerprint density at radius 1 is 1.47 bits per heavy atom. The molecule has 1 saturated heterocycles. The second-order valence-electron chi connectivity index (χ2n) is 4.81. The lowest BCUT2D eigenvalue weighted by atomic mass is 10.1. The van der Waals surface area contributed by atoms with Crippen molar-refractivity contribution in [2.45, 2.75) is 38.6 Å². The van der Waals surface area contributed by atoms with Gasteiger partial charge in [0, 0.05) is 13.1 Å². The number of carbonyl (C=O) groups excluding carboxylic acids is 2. The number of urea groups is 1. The van der Waals surface area contributed by atoms with Gasteiger partial charge in [-0.15, -0.1) is 0 Å². The van der Waals surface area contributed by atoms with Crippen LogP contribution in [0, 0.1) is 5.92 Å². The molecule has 1 aliphatic rings. The number of likely N-dealkylation sites (tertiary alicyclic amines) is 1. The zero-order valence-electron chi connectivity index (χ0n) is 11.1. The number of hydrogen-bond acceptors (Lipinski definition) is 3. The lowest BCUT2D eigenvalue weighted by Gasteiger charge is -2.23. The lowest BCUT2D eigenvalue weighted by molar-refractivity contribution is -0.141. The van der Waals surface area contributed by atoms with Crippen LogP contribution >= 0.6 is 0 Å². The quantitative estimate of drug-likeness (QED) is 0.638. The summed E-state index contributed by atoms with van der Waals surface area (Å²) in [7, 11) is 0. The highest BCUT2D eigenvalue weighted by molar-refractivity contribution is 5.87. The van der Waals surface area contributed by atoms with Crippen molar-refractivity contribution in [3.8, 4) is 0 Å². The van der Waals surface area contributed by atoms with Crippen molar-refractivity contribution in [3.63, 3.8) is 0 Å². The summed E-state index contributed by atoms with van der Waals surface area (Å²) in [5.41, 5.74) is 5.06. The molecule has 3 amide bonds. The number of unbranched alkanes of at least 4 members (excludes halogenated alkanes) is 1. The van der Waals surface area contributed by atoms with Crippen molar-refractivity contribution in [1.82, 2.24) is 10.2 Å². The molecule has 0 unspecified atom stereocenters. The van der Waals surface area contributed by atoms with Gasteiger partial charge in [-0.2, -0.15) is 0 Å². The number of nitrogens with zero attached hydrogens (tertiary/aromatic N) is 1. The number of nitrogens with one attached hydrogen (secondary N) is 1. The van der Waals surface area contributed by atoms with Crippen LogP contribution in [0.25, 0.3) is 0 Å². The largest absolute Gasteiger partial charge is 0.481 e. The van der Waals surface area contributed by atoms with E-state index in [1.54, 1.807) is 0 Å². The Labute approximate surface area is 112 Å². The summed E-state index contributed by atoms with van der Waals surface area (Å²) in [6.45, 7) is 2.61. The van der Waals surface area contributed by atoms with Gasteiger partial charge >= 0.3 is 12.0 Å². The third kappa shape index (κ3) is 4.42. The van der Waals surface area contributed by atoms with E-state index in [4.69, 9.17) is 10.8 Å². The predicted octanol–water partition coefficient (Wildman–Crippen LogP) is 0.147. The highest BCUT2D eigenvalue weighted by atomic mass is 16.4. The Hall–Kier alpha value is -1.79. The summed E-state index contributed by atoms with van der Waals surface area (Å²) >= 11 is 0. The van der Waals surface area contributed by atoms with Crippen LogP contribution in [0.1, 0.15) is 32.6 Å². The maximum absolute atomic E-state index is 12.2. The third-order valence-electron chi connectivity index (χ3n) is 3.31. The number of primary amides is 1. The van der Waals surface area contributed by atoms with Crippen LogP contribution in [0.15, 0.2) is 0 Å². The molecule has 0 aliphatic carbocycles. The molecule has 7 heteroatoms. The summed E-state index contributed by atoms with van der Waals surface area (Å²) in [4.78, 5) is 35.5. The van der Waals surface area contributed by atoms with Crippen molar-refractivity contribution in [2.75, 3.05) is 13.1 Å². The van der Waals surface area contributed by atoms with Gasteiger partial charge in [0.2, 0.25) is 5.91 Å². The van der Waals surface area contributed by atoms with Crippen molar-refractivity contribution in [1.29, 1.82) is 0 Å². The molecule has 0 radical (unpaired) electrons. The van der Waals surface area contributed by atoms with Gasteiger partial charge in [0.05, 0.1) is 5.92 Å². The molecule has 2 atom stereocenters. The summed E-state index contributed by atoms with van der Waals surface area (Å²) in [6.07, 6.45) is 2.68. The highest BCUT2D eigenvalue weighted by Crippen LogP contribution is 2.18. The van der Waals surface area contributed by atoms with E-state index in [-0.39, 0.29) is 12.5 Å². The van der Waals surface area contributed by atoms with E-state index in [1.807, 2.05) is 6.92 Å². The molecule has 0 saturated carbocycles. The minimum atomic E-state index is -0.886. The van der Waals surface area contributed by atoms with Gasteiger partial charge in [-0.05, 0) is 12.8 Å². The molecule has 1 rings (SSSR count). The smallest absolute Gasteiger partial charge is 0.312 e. The van der Waals surface area contributed by atoms with E-state index in [2.05, 4.69) is 5.32 Å². The first-order chi connectivity index (χ1) is 8.95. The fourth-order valence-corrected chi connectivity index (χ4v) is 2.22. The highest BCUT2D eigenvalue weighted by Gasteiger charge is 2.34. The average molecular weight is 271 g/mol. The maximum Gasteiger partial charge on any atom is 0.312 e. The van der Waals surface area contributed by atoms with Gasteiger partial charge in [-0.25, -0.2) is 4.79 Å². The van der Waals surface area contributed by atoms with Crippen LogP contribution in [0.3, 0.4) is 0 Å².